The molecule has 0 bridgehead atoms. The predicted octanol–water partition coefficient (Wildman–Crippen LogP) is 2.55. The van der Waals surface area contributed by atoms with Crippen LogP contribution in [0.5, 0.6) is 5.75 Å². The summed E-state index contributed by atoms with van der Waals surface area (Å²) in [5, 5.41) is 3.32. The Balaban J connectivity index is 1.60. The van der Waals surface area contributed by atoms with Crippen LogP contribution in [0.4, 0.5) is 8.78 Å². The van der Waals surface area contributed by atoms with Gasteiger partial charge in [0.1, 0.15) is 17.4 Å². The van der Waals surface area contributed by atoms with Gasteiger partial charge in [0, 0.05) is 68.5 Å². The lowest BCUT2D eigenvalue weighted by Gasteiger charge is -2.41. The minimum atomic E-state index is -0.653. The molecule has 3 heterocycles. The Morgan fingerprint density at radius 3 is 2.76 bits per heavy atom. The van der Waals surface area contributed by atoms with E-state index in [2.05, 4.69) is 15.2 Å². The third kappa shape index (κ3) is 3.99. The Hall–Kier alpha value is -2.84. The zero-order valence-electron chi connectivity index (χ0n) is 16.3. The second kappa shape index (κ2) is 8.26. The van der Waals surface area contributed by atoms with Crippen molar-refractivity contribution < 1.29 is 13.5 Å². The van der Waals surface area contributed by atoms with E-state index in [0.717, 1.165) is 23.9 Å². The van der Waals surface area contributed by atoms with Crippen LogP contribution in [0.2, 0.25) is 0 Å². The topological polar surface area (TPSA) is 53.0 Å². The highest BCUT2D eigenvalue weighted by molar-refractivity contribution is 6.08. The van der Waals surface area contributed by atoms with Gasteiger partial charge >= 0.3 is 0 Å². The third-order valence-electron chi connectivity index (χ3n) is 5.22. The zero-order valence-corrected chi connectivity index (χ0v) is 16.3. The van der Waals surface area contributed by atoms with Crippen molar-refractivity contribution in [1.82, 2.24) is 20.1 Å². The van der Waals surface area contributed by atoms with Gasteiger partial charge in [-0.15, -0.1) is 0 Å². The molecule has 2 aromatic rings. The van der Waals surface area contributed by atoms with Crippen LogP contribution in [0, 0.1) is 11.6 Å². The number of pyridine rings is 1. The zero-order chi connectivity index (χ0) is 20.4. The van der Waals surface area contributed by atoms with Gasteiger partial charge in [-0.25, -0.2) is 13.8 Å². The molecule has 0 spiro atoms. The minimum absolute atomic E-state index is 0.208. The molecule has 0 aliphatic carbocycles. The predicted molar refractivity (Wildman–Crippen MR) is 107 cm³/mol. The van der Waals surface area contributed by atoms with E-state index >= 15 is 0 Å². The van der Waals surface area contributed by atoms with Crippen molar-refractivity contribution >= 4 is 5.71 Å². The van der Waals surface area contributed by atoms with E-state index in [1.54, 1.807) is 12.4 Å². The minimum Gasteiger partial charge on any atom is -0.496 e. The third-order valence-corrected chi connectivity index (χ3v) is 5.22. The molecule has 1 fully saturated rings. The average Bonchev–Trinajstić information content (AvgIpc) is 2.74. The summed E-state index contributed by atoms with van der Waals surface area (Å²) in [6.07, 6.45) is 7.22. The summed E-state index contributed by atoms with van der Waals surface area (Å²) in [4.78, 5) is 13.2. The Bertz CT molecular complexity index is 934. The monoisotopic (exact) mass is 399 g/mol. The standard InChI is InChI=1S/C21H23F2N5O/c1-27-9-5-17(14-3-6-24-7-4-14)26-21(27)28-10-8-25-18(13-28)20-16(23)11-15(22)12-19(20)29-2/h3-7,9,11-12,18,21,25H,8,10,13H2,1-2H3. The number of allylic oxidation sites excluding steroid dienone is 1. The van der Waals surface area contributed by atoms with Gasteiger partial charge in [0.2, 0.25) is 0 Å². The quantitative estimate of drug-likeness (QED) is 0.857. The van der Waals surface area contributed by atoms with E-state index < -0.39 is 11.6 Å². The number of piperazine rings is 1. The van der Waals surface area contributed by atoms with Gasteiger partial charge in [-0.2, -0.15) is 0 Å². The van der Waals surface area contributed by atoms with Crippen LogP contribution in [-0.4, -0.2) is 60.6 Å². The van der Waals surface area contributed by atoms with E-state index in [1.807, 2.05) is 36.4 Å². The molecule has 2 aliphatic rings. The molecule has 1 saturated heterocycles. The van der Waals surface area contributed by atoms with Gasteiger partial charge in [-0.05, 0) is 18.2 Å². The molecule has 0 amide bonds. The van der Waals surface area contributed by atoms with Crippen molar-refractivity contribution in [2.24, 2.45) is 4.99 Å². The fraction of sp³-hybridized carbons (Fsp3) is 0.333. The van der Waals surface area contributed by atoms with Crippen LogP contribution in [0.25, 0.3) is 0 Å². The molecule has 6 nitrogen and oxygen atoms in total. The first kappa shape index (κ1) is 19.5. The van der Waals surface area contributed by atoms with Crippen molar-refractivity contribution in [3.8, 4) is 5.75 Å². The number of methoxy groups -OCH3 is 1. The van der Waals surface area contributed by atoms with Crippen LogP contribution < -0.4 is 10.1 Å². The largest absolute Gasteiger partial charge is 0.496 e. The molecule has 152 valence electrons. The Morgan fingerprint density at radius 2 is 2.00 bits per heavy atom. The number of ether oxygens (including phenoxy) is 1. The van der Waals surface area contributed by atoms with Crippen LogP contribution in [0.3, 0.4) is 0 Å². The Labute approximate surface area is 168 Å². The van der Waals surface area contributed by atoms with E-state index in [0.29, 0.717) is 18.7 Å². The number of halogens is 2. The highest BCUT2D eigenvalue weighted by Gasteiger charge is 2.32. The van der Waals surface area contributed by atoms with Crippen molar-refractivity contribution in [1.29, 1.82) is 0 Å². The fourth-order valence-corrected chi connectivity index (χ4v) is 3.80. The summed E-state index contributed by atoms with van der Waals surface area (Å²) < 4.78 is 33.4. The van der Waals surface area contributed by atoms with Crippen LogP contribution in [0.15, 0.2) is 53.9 Å². The molecule has 1 aromatic heterocycles. The van der Waals surface area contributed by atoms with Crippen molar-refractivity contribution in [3.63, 3.8) is 0 Å². The van der Waals surface area contributed by atoms with Crippen molar-refractivity contribution in [2.75, 3.05) is 33.8 Å². The average molecular weight is 399 g/mol. The van der Waals surface area contributed by atoms with Gasteiger partial charge in [0.25, 0.3) is 0 Å². The van der Waals surface area contributed by atoms with Gasteiger partial charge in [-0.3, -0.25) is 9.88 Å². The van der Waals surface area contributed by atoms with Gasteiger partial charge in [-0.1, -0.05) is 0 Å². The van der Waals surface area contributed by atoms with Gasteiger partial charge < -0.3 is 15.0 Å². The first-order chi connectivity index (χ1) is 14.1. The molecule has 29 heavy (non-hydrogen) atoms. The molecule has 0 saturated carbocycles. The number of rotatable bonds is 4. The molecule has 4 rings (SSSR count). The van der Waals surface area contributed by atoms with E-state index in [-0.39, 0.29) is 18.1 Å². The molecular weight excluding hydrogens is 376 g/mol. The molecule has 8 heteroatoms. The summed E-state index contributed by atoms with van der Waals surface area (Å²) in [6.45, 7) is 1.91. The highest BCUT2D eigenvalue weighted by Crippen LogP contribution is 2.32. The number of hydrogen-bond acceptors (Lipinski definition) is 6. The lowest BCUT2D eigenvalue weighted by molar-refractivity contribution is 0.0672. The van der Waals surface area contributed by atoms with Crippen molar-refractivity contribution in [3.05, 3.63) is 71.7 Å². The second-order valence-corrected chi connectivity index (χ2v) is 7.08. The van der Waals surface area contributed by atoms with Crippen LogP contribution in [0.1, 0.15) is 17.2 Å². The highest BCUT2D eigenvalue weighted by atomic mass is 19.1. The summed E-state index contributed by atoms with van der Waals surface area (Å²) in [5.41, 5.74) is 2.20. The van der Waals surface area contributed by atoms with Crippen molar-refractivity contribution in [2.45, 2.75) is 12.3 Å². The Kier molecular flexibility index (Phi) is 5.55. The first-order valence-electron chi connectivity index (χ1n) is 9.45. The number of benzene rings is 1. The SMILES string of the molecule is COc1cc(F)cc(F)c1C1CN(C2N=C(c3ccncc3)C=CN2C)CCN1. The summed E-state index contributed by atoms with van der Waals surface area (Å²) in [7, 11) is 3.38. The van der Waals surface area contributed by atoms with Crippen LogP contribution in [-0.2, 0) is 0 Å². The molecule has 2 atom stereocenters. The lowest BCUT2D eigenvalue weighted by atomic mass is 10.0. The second-order valence-electron chi connectivity index (χ2n) is 7.08. The Morgan fingerprint density at radius 1 is 1.21 bits per heavy atom. The summed E-state index contributed by atoms with van der Waals surface area (Å²) in [6, 6.07) is 5.62. The lowest BCUT2D eigenvalue weighted by Crippen LogP contribution is -2.54. The smallest absolute Gasteiger partial charge is 0.178 e. The molecule has 2 unspecified atom stereocenters. The molecule has 2 aliphatic heterocycles. The number of nitrogens with one attached hydrogen (secondary N) is 1. The first-order valence-corrected chi connectivity index (χ1v) is 9.45. The van der Waals surface area contributed by atoms with Crippen LogP contribution >= 0.6 is 0 Å². The molecule has 1 aromatic carbocycles. The maximum atomic E-state index is 14.6. The van der Waals surface area contributed by atoms with E-state index in [1.165, 1.54) is 13.2 Å². The molecule has 1 N–H and O–H groups in total. The number of hydrogen-bond donors (Lipinski definition) is 1. The normalized spacial score (nSPS) is 22.5. The summed E-state index contributed by atoms with van der Waals surface area (Å²) >= 11 is 0. The number of aliphatic imine (C=N–C) groups is 1. The number of nitrogens with zero attached hydrogens (tertiary/aromatic N) is 4. The fourth-order valence-electron chi connectivity index (χ4n) is 3.80. The van der Waals surface area contributed by atoms with E-state index in [9.17, 15) is 8.78 Å². The maximum Gasteiger partial charge on any atom is 0.178 e. The summed E-state index contributed by atoms with van der Waals surface area (Å²) in [5.74, 6) is -1.06. The molecular formula is C21H23F2N5O. The van der Waals surface area contributed by atoms with Gasteiger partial charge in [0.05, 0.1) is 18.9 Å². The maximum absolute atomic E-state index is 14.6. The van der Waals surface area contributed by atoms with Gasteiger partial charge in [0.15, 0.2) is 6.29 Å². The van der Waals surface area contributed by atoms with E-state index in [4.69, 9.17) is 9.73 Å². The number of aromatic nitrogens is 1. The molecule has 0 radical (unpaired) electrons.